The Labute approximate surface area is 153 Å². The third-order valence-electron chi connectivity index (χ3n) is 4.11. The lowest BCUT2D eigenvalue weighted by atomic mass is 10.1. The van der Waals surface area contributed by atoms with Crippen molar-refractivity contribution in [1.29, 1.82) is 0 Å². The summed E-state index contributed by atoms with van der Waals surface area (Å²) in [5, 5.41) is 5.44. The van der Waals surface area contributed by atoms with Crippen LogP contribution in [0.3, 0.4) is 0 Å². The van der Waals surface area contributed by atoms with E-state index in [1.165, 1.54) is 4.90 Å². The van der Waals surface area contributed by atoms with Gasteiger partial charge in [-0.25, -0.2) is 4.79 Å². The van der Waals surface area contributed by atoms with Gasteiger partial charge in [0.05, 0.1) is 18.3 Å². The second-order valence-corrected chi connectivity index (χ2v) is 5.88. The number of hydrogen-bond donors (Lipinski definition) is 2. The van der Waals surface area contributed by atoms with Crippen molar-refractivity contribution in [2.75, 3.05) is 33.1 Å². The number of carbonyl (C=O) groups is 2. The largest absolute Gasteiger partial charge is 0.382 e. The smallest absolute Gasteiger partial charge is 0.322 e. The van der Waals surface area contributed by atoms with Crippen LogP contribution in [0.4, 0.5) is 10.5 Å². The van der Waals surface area contributed by atoms with Crippen LogP contribution in [0.1, 0.15) is 27.7 Å². The first-order valence-electron chi connectivity index (χ1n) is 8.24. The minimum absolute atomic E-state index is 0.209. The van der Waals surface area contributed by atoms with Crippen LogP contribution in [0.2, 0.25) is 0 Å². The second kappa shape index (κ2) is 8.96. The summed E-state index contributed by atoms with van der Waals surface area (Å²) < 4.78 is 5.25. The Morgan fingerprint density at radius 1 is 1.27 bits per heavy atom. The van der Waals surface area contributed by atoms with Gasteiger partial charge in [-0.1, -0.05) is 12.1 Å². The number of aryl methyl sites for hydroxylation is 1. The zero-order valence-electron chi connectivity index (χ0n) is 15.4. The van der Waals surface area contributed by atoms with Gasteiger partial charge in [0.25, 0.3) is 5.91 Å². The van der Waals surface area contributed by atoms with E-state index in [9.17, 15) is 9.59 Å². The van der Waals surface area contributed by atoms with Crippen LogP contribution in [0.5, 0.6) is 0 Å². The average Bonchev–Trinajstić information content (AvgIpc) is 2.67. The van der Waals surface area contributed by atoms with Crippen molar-refractivity contribution >= 4 is 17.6 Å². The molecule has 0 aliphatic heterocycles. The van der Waals surface area contributed by atoms with Crippen LogP contribution in [-0.4, -0.2) is 49.6 Å². The van der Waals surface area contributed by atoms with Gasteiger partial charge in [0.1, 0.15) is 0 Å². The van der Waals surface area contributed by atoms with Crippen molar-refractivity contribution < 1.29 is 14.3 Å². The molecule has 1 atom stereocenters. The maximum atomic E-state index is 12.7. The van der Waals surface area contributed by atoms with Gasteiger partial charge in [-0.2, -0.15) is 0 Å². The molecule has 0 saturated heterocycles. The lowest BCUT2D eigenvalue weighted by Crippen LogP contribution is -2.37. The molecule has 1 aromatic heterocycles. The van der Waals surface area contributed by atoms with E-state index in [-0.39, 0.29) is 18.0 Å². The number of methoxy groups -OCH3 is 1. The minimum atomic E-state index is -0.330. The highest BCUT2D eigenvalue weighted by Gasteiger charge is 2.23. The molecule has 0 saturated carbocycles. The van der Waals surface area contributed by atoms with E-state index in [1.807, 2.05) is 25.1 Å². The molecule has 0 radical (unpaired) electrons. The molecule has 0 bridgehead atoms. The predicted molar refractivity (Wildman–Crippen MR) is 100 cm³/mol. The SMILES string of the molecule is CNC(=O)c1ccc(C)c(NC(=O)N(C)[C@H](COC)c2ccccn2)c1. The zero-order valence-corrected chi connectivity index (χ0v) is 15.4. The number of nitrogens with one attached hydrogen (secondary N) is 2. The highest BCUT2D eigenvalue weighted by atomic mass is 16.5. The number of hydrogen-bond acceptors (Lipinski definition) is 4. The maximum Gasteiger partial charge on any atom is 0.322 e. The van der Waals surface area contributed by atoms with Crippen LogP contribution in [-0.2, 0) is 4.74 Å². The first-order valence-corrected chi connectivity index (χ1v) is 8.24. The van der Waals surface area contributed by atoms with E-state index in [4.69, 9.17) is 4.74 Å². The monoisotopic (exact) mass is 356 g/mol. The number of pyridine rings is 1. The predicted octanol–water partition coefficient (Wildman–Crippen LogP) is 2.60. The van der Waals surface area contributed by atoms with Crippen LogP contribution in [0.25, 0.3) is 0 Å². The molecule has 2 N–H and O–H groups in total. The molecule has 2 aromatic rings. The van der Waals surface area contributed by atoms with Crippen LogP contribution >= 0.6 is 0 Å². The number of benzene rings is 1. The molecule has 7 heteroatoms. The van der Waals surface area contributed by atoms with E-state index >= 15 is 0 Å². The molecule has 7 nitrogen and oxygen atoms in total. The van der Waals surface area contributed by atoms with E-state index < -0.39 is 0 Å². The summed E-state index contributed by atoms with van der Waals surface area (Å²) in [6.45, 7) is 2.19. The molecule has 1 heterocycles. The number of likely N-dealkylation sites (N-methyl/N-ethyl adjacent to an activating group) is 1. The molecule has 0 spiro atoms. The maximum absolute atomic E-state index is 12.7. The lowest BCUT2D eigenvalue weighted by molar-refractivity contribution is 0.0963. The number of urea groups is 1. The number of amides is 3. The number of anilines is 1. The first-order chi connectivity index (χ1) is 12.5. The van der Waals surface area contributed by atoms with Gasteiger partial charge in [0, 0.05) is 38.7 Å². The standard InChI is InChI=1S/C19H24N4O3/c1-13-8-9-14(18(24)20-2)11-16(13)22-19(25)23(3)17(12-26-4)15-7-5-6-10-21-15/h5-11,17H,12H2,1-4H3,(H,20,24)(H,22,25)/t17-/m1/s1. The Bertz CT molecular complexity index is 765. The molecule has 26 heavy (non-hydrogen) atoms. The van der Waals surface area contributed by atoms with Crippen molar-refractivity contribution in [3.8, 4) is 0 Å². The van der Waals surface area contributed by atoms with Crippen molar-refractivity contribution in [1.82, 2.24) is 15.2 Å². The highest BCUT2D eigenvalue weighted by molar-refractivity contribution is 5.97. The summed E-state index contributed by atoms with van der Waals surface area (Å²) in [4.78, 5) is 30.4. The molecule has 0 fully saturated rings. The fraction of sp³-hybridized carbons (Fsp3) is 0.316. The van der Waals surface area contributed by atoms with Gasteiger partial charge in [0.15, 0.2) is 0 Å². The van der Waals surface area contributed by atoms with Crippen molar-refractivity contribution in [2.24, 2.45) is 0 Å². The summed E-state index contributed by atoms with van der Waals surface area (Å²) >= 11 is 0. The van der Waals surface area contributed by atoms with E-state index in [0.29, 0.717) is 17.9 Å². The number of rotatable bonds is 6. The molecule has 0 aliphatic rings. The number of nitrogens with zero attached hydrogens (tertiary/aromatic N) is 2. The molecular weight excluding hydrogens is 332 g/mol. The number of ether oxygens (including phenoxy) is 1. The van der Waals surface area contributed by atoms with Crippen molar-refractivity contribution in [3.05, 3.63) is 59.4 Å². The van der Waals surface area contributed by atoms with Crippen LogP contribution < -0.4 is 10.6 Å². The molecule has 1 aromatic carbocycles. The third-order valence-corrected chi connectivity index (χ3v) is 4.11. The Morgan fingerprint density at radius 3 is 2.65 bits per heavy atom. The second-order valence-electron chi connectivity index (χ2n) is 5.88. The number of carbonyl (C=O) groups excluding carboxylic acids is 2. The highest BCUT2D eigenvalue weighted by Crippen LogP contribution is 2.21. The molecule has 0 unspecified atom stereocenters. The average molecular weight is 356 g/mol. The normalized spacial score (nSPS) is 11.5. The summed E-state index contributed by atoms with van der Waals surface area (Å²) in [7, 11) is 4.83. The van der Waals surface area contributed by atoms with Gasteiger partial charge in [-0.05, 0) is 36.8 Å². The lowest BCUT2D eigenvalue weighted by Gasteiger charge is -2.27. The van der Waals surface area contributed by atoms with Gasteiger partial charge < -0.3 is 20.3 Å². The molecule has 3 amide bonds. The fourth-order valence-corrected chi connectivity index (χ4v) is 2.51. The van der Waals surface area contributed by atoms with Crippen molar-refractivity contribution in [3.63, 3.8) is 0 Å². The van der Waals surface area contributed by atoms with Gasteiger partial charge >= 0.3 is 6.03 Å². The van der Waals surface area contributed by atoms with E-state index in [1.54, 1.807) is 45.6 Å². The molecular formula is C19H24N4O3. The third kappa shape index (κ3) is 4.58. The summed E-state index contributed by atoms with van der Waals surface area (Å²) in [5.74, 6) is -0.209. The molecule has 0 aliphatic carbocycles. The summed E-state index contributed by atoms with van der Waals surface area (Å²) in [6.07, 6.45) is 1.68. The van der Waals surface area contributed by atoms with E-state index in [2.05, 4.69) is 15.6 Å². The Morgan fingerprint density at radius 2 is 2.04 bits per heavy atom. The molecule has 138 valence electrons. The topological polar surface area (TPSA) is 83.6 Å². The molecule has 2 rings (SSSR count). The first kappa shape index (κ1) is 19.4. The Hall–Kier alpha value is -2.93. The van der Waals surface area contributed by atoms with Gasteiger partial charge in [0.2, 0.25) is 0 Å². The van der Waals surface area contributed by atoms with Gasteiger partial charge in [-0.15, -0.1) is 0 Å². The van der Waals surface area contributed by atoms with Gasteiger partial charge in [-0.3, -0.25) is 9.78 Å². The number of aromatic nitrogens is 1. The van der Waals surface area contributed by atoms with Crippen LogP contribution in [0, 0.1) is 6.92 Å². The summed E-state index contributed by atoms with van der Waals surface area (Å²) in [6, 6.07) is 10.1. The summed E-state index contributed by atoms with van der Waals surface area (Å²) in [5.41, 5.74) is 2.66. The van der Waals surface area contributed by atoms with Crippen molar-refractivity contribution in [2.45, 2.75) is 13.0 Å². The Kier molecular flexibility index (Phi) is 6.68. The zero-order chi connectivity index (χ0) is 19.1. The van der Waals surface area contributed by atoms with E-state index in [0.717, 1.165) is 11.3 Å². The Balaban J connectivity index is 2.21. The minimum Gasteiger partial charge on any atom is -0.382 e. The quantitative estimate of drug-likeness (QED) is 0.833. The van der Waals surface area contributed by atoms with Crippen LogP contribution in [0.15, 0.2) is 42.6 Å². The fourth-order valence-electron chi connectivity index (χ4n) is 2.51.